The molecule has 27 heavy (non-hydrogen) atoms. The third-order valence-corrected chi connectivity index (χ3v) is 6.01. The van der Waals surface area contributed by atoms with Crippen molar-refractivity contribution in [1.29, 1.82) is 0 Å². The number of hydrogen-bond donors (Lipinski definition) is 0. The molecule has 1 fully saturated rings. The lowest BCUT2D eigenvalue weighted by Gasteiger charge is -2.22. The number of aromatic nitrogens is 2. The number of rotatable bonds is 7. The lowest BCUT2D eigenvalue weighted by molar-refractivity contribution is -0.763. The van der Waals surface area contributed by atoms with Crippen LogP contribution in [-0.4, -0.2) is 29.5 Å². The van der Waals surface area contributed by atoms with E-state index in [-0.39, 0.29) is 11.5 Å². The molecular formula is C18H23N3O5S. The summed E-state index contributed by atoms with van der Waals surface area (Å²) >= 11 is 0. The van der Waals surface area contributed by atoms with Crippen LogP contribution in [0, 0.1) is 16.0 Å². The van der Waals surface area contributed by atoms with E-state index < -0.39 is 14.9 Å². The SMILES string of the molecule is CS(=O)(=O)c1ccc(-c2cc(CO[N+](=O)[O-])nn2CC2CCCCC2)cc1. The highest BCUT2D eigenvalue weighted by Gasteiger charge is 2.18. The minimum Gasteiger partial charge on any atom is -0.307 e. The maximum atomic E-state index is 11.7. The molecule has 0 saturated heterocycles. The van der Waals surface area contributed by atoms with Crippen molar-refractivity contribution in [1.82, 2.24) is 9.78 Å². The van der Waals surface area contributed by atoms with Crippen molar-refractivity contribution < 1.29 is 18.3 Å². The van der Waals surface area contributed by atoms with Crippen molar-refractivity contribution in [3.63, 3.8) is 0 Å². The van der Waals surface area contributed by atoms with Crippen molar-refractivity contribution in [2.75, 3.05) is 6.26 Å². The molecule has 1 aromatic carbocycles. The summed E-state index contributed by atoms with van der Waals surface area (Å²) in [6, 6.07) is 8.37. The first-order valence-corrected chi connectivity index (χ1v) is 10.9. The Morgan fingerprint density at radius 3 is 2.48 bits per heavy atom. The predicted octanol–water partition coefficient (Wildman–Crippen LogP) is 3.24. The van der Waals surface area contributed by atoms with Crippen LogP contribution >= 0.6 is 0 Å². The molecule has 1 saturated carbocycles. The summed E-state index contributed by atoms with van der Waals surface area (Å²) in [5.74, 6) is 0.525. The predicted molar refractivity (Wildman–Crippen MR) is 99.1 cm³/mol. The summed E-state index contributed by atoms with van der Waals surface area (Å²) in [6.07, 6.45) is 7.14. The number of nitrogens with zero attached hydrogens (tertiary/aromatic N) is 3. The molecule has 1 heterocycles. The molecule has 0 atom stereocenters. The molecule has 1 aliphatic carbocycles. The molecule has 3 rings (SSSR count). The molecule has 1 aliphatic rings. The van der Waals surface area contributed by atoms with Crippen LogP contribution in [-0.2, 0) is 27.8 Å². The largest absolute Gasteiger partial charge is 0.307 e. The van der Waals surface area contributed by atoms with E-state index in [4.69, 9.17) is 0 Å². The normalized spacial score (nSPS) is 15.6. The average molecular weight is 393 g/mol. The van der Waals surface area contributed by atoms with Crippen LogP contribution in [0.4, 0.5) is 0 Å². The first kappa shape index (κ1) is 19.3. The number of sulfone groups is 1. The standard InChI is InChI=1S/C18H23N3O5S/c1-27(24,25)17-9-7-15(8-10-17)18-11-16(13-26-21(22)23)19-20(18)12-14-5-3-2-4-6-14/h7-11,14H,2-6,12-13H2,1H3. The second kappa shape index (κ2) is 8.08. The molecule has 0 radical (unpaired) electrons. The monoisotopic (exact) mass is 393 g/mol. The molecule has 0 spiro atoms. The zero-order valence-corrected chi connectivity index (χ0v) is 16.0. The van der Waals surface area contributed by atoms with Gasteiger partial charge in [0.15, 0.2) is 9.84 Å². The lowest BCUT2D eigenvalue weighted by atomic mass is 9.89. The van der Waals surface area contributed by atoms with Gasteiger partial charge in [-0.2, -0.15) is 5.10 Å². The Kier molecular flexibility index (Phi) is 5.79. The molecule has 0 amide bonds. The van der Waals surface area contributed by atoms with Gasteiger partial charge < -0.3 is 4.84 Å². The van der Waals surface area contributed by atoms with Crippen molar-refractivity contribution in [3.05, 3.63) is 46.1 Å². The third kappa shape index (κ3) is 5.06. The second-order valence-electron chi connectivity index (χ2n) is 7.00. The molecule has 0 N–H and O–H groups in total. The molecule has 0 unspecified atom stereocenters. The molecule has 146 valence electrons. The lowest BCUT2D eigenvalue weighted by Crippen LogP contribution is -2.16. The van der Waals surface area contributed by atoms with Crippen molar-refractivity contribution in [3.8, 4) is 11.3 Å². The smallest absolute Gasteiger partial charge is 0.294 e. The van der Waals surface area contributed by atoms with Crippen LogP contribution in [0.25, 0.3) is 11.3 Å². The van der Waals surface area contributed by atoms with E-state index in [0.717, 1.165) is 30.6 Å². The fourth-order valence-corrected chi connectivity index (χ4v) is 4.15. The van der Waals surface area contributed by atoms with Gasteiger partial charge >= 0.3 is 0 Å². The summed E-state index contributed by atoms with van der Waals surface area (Å²) in [5, 5.41) is 14.1. The minimum atomic E-state index is -3.26. The van der Waals surface area contributed by atoms with Gasteiger partial charge in [0.25, 0.3) is 5.09 Å². The van der Waals surface area contributed by atoms with Crippen LogP contribution in [0.5, 0.6) is 0 Å². The van der Waals surface area contributed by atoms with Crippen molar-refractivity contribution in [2.24, 2.45) is 5.92 Å². The van der Waals surface area contributed by atoms with Crippen molar-refractivity contribution >= 4 is 9.84 Å². The molecule has 8 nitrogen and oxygen atoms in total. The fourth-order valence-electron chi connectivity index (χ4n) is 3.52. The molecule has 1 aromatic heterocycles. The highest BCUT2D eigenvalue weighted by atomic mass is 32.2. The van der Waals surface area contributed by atoms with E-state index in [0.29, 0.717) is 11.6 Å². The van der Waals surface area contributed by atoms with E-state index in [9.17, 15) is 18.5 Å². The van der Waals surface area contributed by atoms with Gasteiger partial charge in [-0.05, 0) is 42.5 Å². The maximum absolute atomic E-state index is 11.7. The number of hydrogen-bond acceptors (Lipinski definition) is 6. The van der Waals surface area contributed by atoms with Crippen LogP contribution in [0.15, 0.2) is 35.2 Å². The number of benzene rings is 1. The summed E-state index contributed by atoms with van der Waals surface area (Å²) in [5.41, 5.74) is 2.10. The van der Waals surface area contributed by atoms with Crippen LogP contribution in [0.1, 0.15) is 37.8 Å². The molecular weight excluding hydrogens is 370 g/mol. The summed E-state index contributed by atoms with van der Waals surface area (Å²) in [6.45, 7) is 0.528. The minimum absolute atomic E-state index is 0.209. The summed E-state index contributed by atoms with van der Waals surface area (Å²) in [4.78, 5) is 15.2. The Labute approximate surface area is 158 Å². The van der Waals surface area contributed by atoms with Gasteiger partial charge in [-0.15, -0.1) is 10.1 Å². The topological polar surface area (TPSA) is 104 Å². The Morgan fingerprint density at radius 1 is 1.22 bits per heavy atom. The zero-order chi connectivity index (χ0) is 19.4. The van der Waals surface area contributed by atoms with E-state index in [1.807, 2.05) is 4.68 Å². The summed E-state index contributed by atoms with van der Waals surface area (Å²) < 4.78 is 25.2. The van der Waals surface area contributed by atoms with Gasteiger partial charge in [-0.25, -0.2) is 8.42 Å². The second-order valence-corrected chi connectivity index (χ2v) is 9.02. The Hall–Kier alpha value is -2.42. The van der Waals surface area contributed by atoms with Crippen LogP contribution in [0.3, 0.4) is 0 Å². The Morgan fingerprint density at radius 2 is 1.89 bits per heavy atom. The Bertz CT molecular complexity index is 900. The quantitative estimate of drug-likeness (QED) is 0.528. The van der Waals surface area contributed by atoms with Crippen molar-refractivity contribution in [2.45, 2.75) is 50.2 Å². The molecule has 0 aliphatic heterocycles. The zero-order valence-electron chi connectivity index (χ0n) is 15.2. The maximum Gasteiger partial charge on any atom is 0.294 e. The van der Waals surface area contributed by atoms with Gasteiger partial charge in [-0.1, -0.05) is 31.4 Å². The third-order valence-electron chi connectivity index (χ3n) is 4.88. The highest BCUT2D eigenvalue weighted by Crippen LogP contribution is 2.28. The Balaban J connectivity index is 1.89. The van der Waals surface area contributed by atoms with Gasteiger partial charge in [0.2, 0.25) is 0 Å². The first-order valence-electron chi connectivity index (χ1n) is 8.97. The molecule has 9 heteroatoms. The van der Waals surface area contributed by atoms with E-state index >= 15 is 0 Å². The van der Waals surface area contributed by atoms with Gasteiger partial charge in [-0.3, -0.25) is 4.68 Å². The fraction of sp³-hybridized carbons (Fsp3) is 0.500. The highest BCUT2D eigenvalue weighted by molar-refractivity contribution is 7.90. The first-order chi connectivity index (χ1) is 12.8. The van der Waals surface area contributed by atoms with E-state index in [2.05, 4.69) is 9.94 Å². The molecule has 2 aromatic rings. The van der Waals surface area contributed by atoms with Gasteiger partial charge in [0.1, 0.15) is 6.61 Å². The van der Waals surface area contributed by atoms with Crippen LogP contribution in [0.2, 0.25) is 0 Å². The van der Waals surface area contributed by atoms with Crippen LogP contribution < -0.4 is 0 Å². The van der Waals surface area contributed by atoms with Gasteiger partial charge in [0.05, 0.1) is 16.3 Å². The average Bonchev–Trinajstić information content (AvgIpc) is 3.03. The summed E-state index contributed by atoms with van der Waals surface area (Å²) in [7, 11) is -3.26. The van der Waals surface area contributed by atoms with E-state index in [1.165, 1.54) is 25.5 Å². The van der Waals surface area contributed by atoms with E-state index in [1.54, 1.807) is 30.3 Å². The molecule has 0 bridgehead atoms. The van der Waals surface area contributed by atoms with Gasteiger partial charge in [0, 0.05) is 12.8 Å².